The van der Waals surface area contributed by atoms with Crippen LogP contribution in [0.5, 0.6) is 5.75 Å². The van der Waals surface area contributed by atoms with Gasteiger partial charge >= 0.3 is 0 Å². The number of anilines is 1. The second-order valence-corrected chi connectivity index (χ2v) is 11.9. The quantitative estimate of drug-likeness (QED) is 0.311. The van der Waals surface area contributed by atoms with Crippen LogP contribution in [0.1, 0.15) is 56.5 Å². The minimum absolute atomic E-state index is 0.0165. The van der Waals surface area contributed by atoms with Gasteiger partial charge in [0.05, 0.1) is 22.8 Å². The molecule has 7 nitrogen and oxygen atoms in total. The van der Waals surface area contributed by atoms with Gasteiger partial charge in [-0.05, 0) is 87.9 Å². The average molecular weight is 542 g/mol. The Labute approximate surface area is 229 Å². The summed E-state index contributed by atoms with van der Waals surface area (Å²) in [5, 5.41) is 23.2. The van der Waals surface area contributed by atoms with Gasteiger partial charge in [0.2, 0.25) is 5.95 Å². The third kappa shape index (κ3) is 4.62. The first-order valence-electron chi connectivity index (χ1n) is 14.4. The number of piperidine rings is 2. The molecule has 10 heteroatoms. The van der Waals surface area contributed by atoms with E-state index in [1.807, 2.05) is 6.92 Å². The van der Waals surface area contributed by atoms with Crippen molar-refractivity contribution in [1.82, 2.24) is 25.5 Å². The molecule has 3 aliphatic rings. The molecular formula is C28H32F2N6OS. The monoisotopic (exact) mass is 541 g/mol. The lowest BCUT2D eigenvalue weighted by Crippen LogP contribution is -2.73. The van der Waals surface area contributed by atoms with Crippen LogP contribution in [0, 0.1) is 5.95 Å². The number of aromatic hydroxyl groups is 1. The fourth-order valence-electron chi connectivity index (χ4n) is 6.33. The number of pyridine rings is 1. The molecule has 200 valence electrons. The van der Waals surface area contributed by atoms with Crippen LogP contribution in [0.3, 0.4) is 0 Å². The molecule has 2 saturated heterocycles. The summed E-state index contributed by atoms with van der Waals surface area (Å²) in [6.45, 7) is 4.17. The van der Waals surface area contributed by atoms with Gasteiger partial charge in [0.15, 0.2) is 11.6 Å². The molecule has 4 heterocycles. The summed E-state index contributed by atoms with van der Waals surface area (Å²) in [6, 6.07) is 7.19. The van der Waals surface area contributed by atoms with E-state index in [0.717, 1.165) is 32.1 Å². The van der Waals surface area contributed by atoms with Crippen LogP contribution >= 0.6 is 11.8 Å². The van der Waals surface area contributed by atoms with Crippen LogP contribution < -0.4 is 10.2 Å². The van der Waals surface area contributed by atoms with Crippen molar-refractivity contribution in [3.8, 4) is 28.3 Å². The van der Waals surface area contributed by atoms with Crippen LogP contribution in [0.15, 0.2) is 41.6 Å². The summed E-state index contributed by atoms with van der Waals surface area (Å²) >= 11 is 0.480. The van der Waals surface area contributed by atoms with Gasteiger partial charge < -0.3 is 15.3 Å². The van der Waals surface area contributed by atoms with Crippen molar-refractivity contribution in [3.05, 3.63) is 42.5 Å². The standard InChI is InChI=1S/C28H32F2N6OS/c1-27-9-4-10-28(2,35-27)25(30)20(14-27)36(18-6-7-18)23-15-31-26(34-33-23)19-8-5-16(11-21(19)37)17-12-22(29)32-24(13-17)38-3/h5,8,11-13,15,18,20,25,35,37H,4,6-7,9-10,14H2,1-3H3/t20-,25-,27-,28+/m1/s1/i3D3. The molecule has 2 aromatic heterocycles. The average Bonchev–Trinajstić information content (AvgIpc) is 3.71. The van der Waals surface area contributed by atoms with Gasteiger partial charge in [-0.1, -0.05) is 6.07 Å². The fourth-order valence-corrected chi connectivity index (χ4v) is 6.65. The molecule has 1 saturated carbocycles. The topological polar surface area (TPSA) is 87.1 Å². The second-order valence-electron chi connectivity index (χ2n) is 11.3. The number of benzene rings is 1. The van der Waals surface area contributed by atoms with E-state index in [2.05, 4.69) is 37.3 Å². The van der Waals surface area contributed by atoms with E-state index >= 15 is 4.39 Å². The molecule has 3 fully saturated rings. The molecule has 0 amide bonds. The SMILES string of the molecule is [2H]C([2H])([2H])Sc1cc(-c2ccc(-c3ncc(N(C4CC4)[C@@H]4C[C@@]5(C)CCC[C@](C)(N5)[C@@H]4F)nn3)c(O)c2)cc(F)n1. The molecule has 3 aromatic rings. The van der Waals surface area contributed by atoms with Gasteiger partial charge in [-0.2, -0.15) is 4.39 Å². The third-order valence-electron chi connectivity index (χ3n) is 8.18. The first-order valence-corrected chi connectivity index (χ1v) is 13.8. The third-order valence-corrected chi connectivity index (χ3v) is 8.60. The number of nitrogens with zero attached hydrogens (tertiary/aromatic N) is 5. The summed E-state index contributed by atoms with van der Waals surface area (Å²) < 4.78 is 52.4. The van der Waals surface area contributed by atoms with Crippen LogP contribution in [0.25, 0.3) is 22.5 Å². The molecule has 38 heavy (non-hydrogen) atoms. The maximum atomic E-state index is 16.0. The van der Waals surface area contributed by atoms with Crippen LogP contribution in [-0.4, -0.2) is 60.8 Å². The van der Waals surface area contributed by atoms with Crippen LogP contribution in [0.2, 0.25) is 0 Å². The maximum absolute atomic E-state index is 16.0. The van der Waals surface area contributed by atoms with E-state index in [1.54, 1.807) is 18.3 Å². The molecule has 6 rings (SSSR count). The van der Waals surface area contributed by atoms with Crippen molar-refractivity contribution >= 4 is 17.6 Å². The maximum Gasteiger partial charge on any atom is 0.214 e. The number of aromatic nitrogens is 4. The first-order chi connectivity index (χ1) is 19.3. The molecular weight excluding hydrogens is 506 g/mol. The summed E-state index contributed by atoms with van der Waals surface area (Å²) in [5.74, 6) is -0.240. The second kappa shape index (κ2) is 9.41. The fraction of sp³-hybridized carbons (Fsp3) is 0.500. The van der Waals surface area contributed by atoms with Gasteiger partial charge in [0.1, 0.15) is 11.9 Å². The van der Waals surface area contributed by atoms with Gasteiger partial charge in [-0.3, -0.25) is 0 Å². The van der Waals surface area contributed by atoms with Crippen molar-refractivity contribution in [2.45, 2.75) is 86.7 Å². The van der Waals surface area contributed by atoms with E-state index in [-0.39, 0.29) is 34.2 Å². The number of thioether (sulfide) groups is 1. The lowest BCUT2D eigenvalue weighted by atomic mass is 9.68. The summed E-state index contributed by atoms with van der Waals surface area (Å²) in [6.07, 6.45) is 3.59. The number of alkyl halides is 1. The minimum atomic E-state index is -2.37. The zero-order valence-corrected chi connectivity index (χ0v) is 22.1. The number of phenols is 1. The summed E-state index contributed by atoms with van der Waals surface area (Å²) in [7, 11) is 0. The Kier molecular flexibility index (Phi) is 5.45. The number of fused-ring (bicyclic) bond motifs is 2. The zero-order chi connectivity index (χ0) is 29.2. The Balaban J connectivity index is 1.26. The highest BCUT2D eigenvalue weighted by molar-refractivity contribution is 7.98. The summed E-state index contributed by atoms with van der Waals surface area (Å²) in [4.78, 5) is 10.2. The molecule has 4 atom stereocenters. The smallest absolute Gasteiger partial charge is 0.214 e. The molecule has 0 spiro atoms. The Morgan fingerprint density at radius 1 is 1.16 bits per heavy atom. The molecule has 0 unspecified atom stereocenters. The van der Waals surface area contributed by atoms with Crippen molar-refractivity contribution < 1.29 is 18.0 Å². The Bertz CT molecular complexity index is 1460. The molecule has 2 aliphatic heterocycles. The van der Waals surface area contributed by atoms with Crippen molar-refractivity contribution in [2.24, 2.45) is 0 Å². The normalized spacial score (nSPS) is 30.3. The molecule has 2 N–H and O–H groups in total. The molecule has 1 aromatic carbocycles. The number of hydrogen-bond acceptors (Lipinski definition) is 8. The van der Waals surface area contributed by atoms with E-state index in [0.29, 0.717) is 40.7 Å². The lowest BCUT2D eigenvalue weighted by Gasteiger charge is -2.57. The van der Waals surface area contributed by atoms with Crippen LogP contribution in [0.4, 0.5) is 14.6 Å². The summed E-state index contributed by atoms with van der Waals surface area (Å²) in [5.41, 5.74) is 0.456. The molecule has 1 aliphatic carbocycles. The van der Waals surface area contributed by atoms with E-state index in [9.17, 15) is 9.50 Å². The van der Waals surface area contributed by atoms with Gasteiger partial charge in [-0.15, -0.1) is 22.0 Å². The predicted octanol–water partition coefficient (Wildman–Crippen LogP) is 5.54. The van der Waals surface area contributed by atoms with Crippen LogP contribution in [-0.2, 0) is 0 Å². The molecule has 0 radical (unpaired) electrons. The minimum Gasteiger partial charge on any atom is -0.507 e. The lowest BCUT2D eigenvalue weighted by molar-refractivity contribution is 0.000258. The number of halogens is 2. The van der Waals surface area contributed by atoms with E-state index in [1.165, 1.54) is 18.2 Å². The number of nitrogens with one attached hydrogen (secondary N) is 1. The zero-order valence-electron chi connectivity index (χ0n) is 24.3. The van der Waals surface area contributed by atoms with Crippen molar-refractivity contribution in [3.63, 3.8) is 0 Å². The van der Waals surface area contributed by atoms with Gasteiger partial charge in [0.25, 0.3) is 0 Å². The van der Waals surface area contributed by atoms with E-state index in [4.69, 9.17) is 4.11 Å². The highest BCUT2D eigenvalue weighted by atomic mass is 32.2. The largest absolute Gasteiger partial charge is 0.507 e. The molecule has 2 bridgehead atoms. The predicted molar refractivity (Wildman–Crippen MR) is 144 cm³/mol. The number of phenolic OH excluding ortho intramolecular Hbond substituents is 1. The van der Waals surface area contributed by atoms with E-state index < -0.39 is 23.8 Å². The first kappa shape index (κ1) is 22.0. The van der Waals surface area contributed by atoms with Gasteiger partial charge in [-0.25, -0.2) is 14.4 Å². The Morgan fingerprint density at radius 2 is 2.00 bits per heavy atom. The number of hydrogen-bond donors (Lipinski definition) is 2. The number of rotatable bonds is 6. The van der Waals surface area contributed by atoms with Crippen molar-refractivity contribution in [1.29, 1.82) is 0 Å². The Hall–Kier alpha value is -2.85. The van der Waals surface area contributed by atoms with Gasteiger partial charge in [0, 0.05) is 27.3 Å². The van der Waals surface area contributed by atoms with Crippen molar-refractivity contribution in [2.75, 3.05) is 11.1 Å². The highest BCUT2D eigenvalue weighted by Crippen LogP contribution is 2.46. The Morgan fingerprint density at radius 3 is 2.71 bits per heavy atom. The highest BCUT2D eigenvalue weighted by Gasteiger charge is 2.55.